The van der Waals surface area contributed by atoms with E-state index in [2.05, 4.69) is 58.6 Å². The van der Waals surface area contributed by atoms with Crippen LogP contribution in [0.3, 0.4) is 0 Å². The monoisotopic (exact) mass is 514 g/mol. The highest BCUT2D eigenvalue weighted by Crippen LogP contribution is 2.33. The lowest BCUT2D eigenvalue weighted by Crippen LogP contribution is -2.45. The molecule has 1 aromatic carbocycles. The van der Waals surface area contributed by atoms with Crippen molar-refractivity contribution < 1.29 is 4.74 Å². The summed E-state index contributed by atoms with van der Waals surface area (Å²) in [7, 11) is 1.85. The number of aliphatic imine (C=N–C) groups is 1. The zero-order valence-electron chi connectivity index (χ0n) is 18.3. The molecule has 3 rings (SSSR count). The van der Waals surface area contributed by atoms with Crippen molar-refractivity contribution in [3.63, 3.8) is 0 Å². The average Bonchev–Trinajstić information content (AvgIpc) is 2.73. The van der Waals surface area contributed by atoms with Crippen LogP contribution in [0.25, 0.3) is 0 Å². The second-order valence-electron chi connectivity index (χ2n) is 8.51. The molecule has 0 amide bonds. The third-order valence-electron chi connectivity index (χ3n) is 6.20. The van der Waals surface area contributed by atoms with Crippen molar-refractivity contribution >= 4 is 29.9 Å². The minimum absolute atomic E-state index is 0. The van der Waals surface area contributed by atoms with Gasteiger partial charge in [-0.05, 0) is 57.2 Å². The first-order valence-corrected chi connectivity index (χ1v) is 11.0. The average molecular weight is 514 g/mol. The number of likely N-dealkylation sites (tertiary alicyclic amines) is 1. The minimum atomic E-state index is 0. The Hall–Kier alpha value is -0.860. The van der Waals surface area contributed by atoms with Crippen molar-refractivity contribution in [2.75, 3.05) is 46.4 Å². The smallest absolute Gasteiger partial charge is 0.191 e. The molecule has 1 aromatic rings. The van der Waals surface area contributed by atoms with Gasteiger partial charge in [0, 0.05) is 39.2 Å². The largest absolute Gasteiger partial charge is 0.373 e. The number of aryl methyl sites for hydroxylation is 1. The van der Waals surface area contributed by atoms with E-state index in [0.717, 1.165) is 44.5 Å². The number of ether oxygens (including phenoxy) is 1. The zero-order chi connectivity index (χ0) is 19.8. The van der Waals surface area contributed by atoms with Gasteiger partial charge in [-0.2, -0.15) is 0 Å². The van der Waals surface area contributed by atoms with Crippen LogP contribution in [0.2, 0.25) is 0 Å². The van der Waals surface area contributed by atoms with Gasteiger partial charge in [0.15, 0.2) is 5.96 Å². The van der Waals surface area contributed by atoms with Crippen LogP contribution in [0.5, 0.6) is 0 Å². The van der Waals surface area contributed by atoms with E-state index in [1.807, 2.05) is 7.05 Å². The molecule has 2 aliphatic rings. The van der Waals surface area contributed by atoms with Gasteiger partial charge in [-0.15, -0.1) is 24.0 Å². The van der Waals surface area contributed by atoms with Crippen molar-refractivity contribution in [3.8, 4) is 0 Å². The summed E-state index contributed by atoms with van der Waals surface area (Å²) in [5.41, 5.74) is 2.58. The predicted molar refractivity (Wildman–Crippen MR) is 132 cm³/mol. The summed E-state index contributed by atoms with van der Waals surface area (Å²) in [6, 6.07) is 8.79. The normalized spacial score (nSPS) is 24.0. The first-order valence-electron chi connectivity index (χ1n) is 11.0. The molecule has 2 N–H and O–H groups in total. The van der Waals surface area contributed by atoms with Crippen molar-refractivity contribution in [2.24, 2.45) is 16.8 Å². The maximum Gasteiger partial charge on any atom is 0.191 e. The SMILES string of the molecule is CN=C(NCCN1CCC(C)CC1)NCC1CCCOC1c1ccc(C)cc1.I. The molecule has 2 aliphatic heterocycles. The molecule has 2 atom stereocenters. The molecule has 6 heteroatoms. The fourth-order valence-electron chi connectivity index (χ4n) is 4.24. The summed E-state index contributed by atoms with van der Waals surface area (Å²) in [5, 5.41) is 7.02. The molecular formula is C23H39IN4O. The second kappa shape index (κ2) is 12.7. The number of piperidine rings is 1. The van der Waals surface area contributed by atoms with Crippen molar-refractivity contribution in [2.45, 2.75) is 45.6 Å². The van der Waals surface area contributed by atoms with E-state index in [4.69, 9.17) is 4.74 Å². The lowest BCUT2D eigenvalue weighted by molar-refractivity contribution is -0.0265. The van der Waals surface area contributed by atoms with Crippen LogP contribution in [-0.4, -0.2) is 57.2 Å². The van der Waals surface area contributed by atoms with Gasteiger partial charge in [0.25, 0.3) is 0 Å². The number of rotatable bonds is 6. The third kappa shape index (κ3) is 7.72. The molecule has 5 nitrogen and oxygen atoms in total. The molecule has 29 heavy (non-hydrogen) atoms. The van der Waals surface area contributed by atoms with Crippen LogP contribution >= 0.6 is 24.0 Å². The molecule has 2 unspecified atom stereocenters. The minimum Gasteiger partial charge on any atom is -0.373 e. The van der Waals surface area contributed by atoms with Crippen molar-refractivity contribution in [1.29, 1.82) is 0 Å². The summed E-state index contributed by atoms with van der Waals surface area (Å²) < 4.78 is 6.14. The molecule has 0 aromatic heterocycles. The number of hydrogen-bond acceptors (Lipinski definition) is 3. The fourth-order valence-corrected chi connectivity index (χ4v) is 4.24. The molecule has 0 saturated carbocycles. The lowest BCUT2D eigenvalue weighted by Gasteiger charge is -2.33. The first-order chi connectivity index (χ1) is 13.7. The lowest BCUT2D eigenvalue weighted by atomic mass is 9.89. The molecular weight excluding hydrogens is 475 g/mol. The van der Waals surface area contributed by atoms with Gasteiger partial charge in [0.1, 0.15) is 0 Å². The first kappa shape index (κ1) is 24.4. The molecule has 0 aliphatic carbocycles. The Balaban J connectivity index is 0.00000300. The van der Waals surface area contributed by atoms with Gasteiger partial charge in [-0.25, -0.2) is 0 Å². The van der Waals surface area contributed by atoms with Gasteiger partial charge < -0.3 is 20.3 Å². The quantitative estimate of drug-likeness (QED) is 0.343. The zero-order valence-corrected chi connectivity index (χ0v) is 20.7. The van der Waals surface area contributed by atoms with Gasteiger partial charge in [-0.3, -0.25) is 4.99 Å². The van der Waals surface area contributed by atoms with E-state index in [1.54, 1.807) is 0 Å². The third-order valence-corrected chi connectivity index (χ3v) is 6.20. The molecule has 0 radical (unpaired) electrons. The predicted octanol–water partition coefficient (Wildman–Crippen LogP) is 3.98. The summed E-state index contributed by atoms with van der Waals surface area (Å²) >= 11 is 0. The Morgan fingerprint density at radius 3 is 2.55 bits per heavy atom. The van der Waals surface area contributed by atoms with E-state index < -0.39 is 0 Å². The van der Waals surface area contributed by atoms with Gasteiger partial charge in [-0.1, -0.05) is 36.8 Å². The summed E-state index contributed by atoms with van der Waals surface area (Å²) in [6.07, 6.45) is 5.16. The number of benzene rings is 1. The highest BCUT2D eigenvalue weighted by atomic mass is 127. The van der Waals surface area contributed by atoms with E-state index in [1.165, 1.54) is 43.5 Å². The number of hydrogen-bond donors (Lipinski definition) is 2. The van der Waals surface area contributed by atoms with Gasteiger partial charge in [0.05, 0.1) is 6.10 Å². The number of guanidine groups is 1. The molecule has 0 spiro atoms. The van der Waals surface area contributed by atoms with Crippen molar-refractivity contribution in [1.82, 2.24) is 15.5 Å². The van der Waals surface area contributed by atoms with Crippen LogP contribution in [0, 0.1) is 18.8 Å². The van der Waals surface area contributed by atoms with E-state index >= 15 is 0 Å². The highest BCUT2D eigenvalue weighted by molar-refractivity contribution is 14.0. The topological polar surface area (TPSA) is 48.9 Å². The summed E-state index contributed by atoms with van der Waals surface area (Å²) in [5.74, 6) is 2.26. The van der Waals surface area contributed by atoms with Crippen LogP contribution < -0.4 is 10.6 Å². The van der Waals surface area contributed by atoms with Crippen LogP contribution in [0.15, 0.2) is 29.3 Å². The van der Waals surface area contributed by atoms with Crippen molar-refractivity contribution in [3.05, 3.63) is 35.4 Å². The highest BCUT2D eigenvalue weighted by Gasteiger charge is 2.27. The number of halogens is 1. The Labute approximate surface area is 194 Å². The van der Waals surface area contributed by atoms with Gasteiger partial charge >= 0.3 is 0 Å². The Morgan fingerprint density at radius 2 is 1.86 bits per heavy atom. The Kier molecular flexibility index (Phi) is 10.7. The van der Waals surface area contributed by atoms with Crippen LogP contribution in [0.1, 0.15) is 49.8 Å². The molecule has 2 heterocycles. The van der Waals surface area contributed by atoms with Crippen LogP contribution in [-0.2, 0) is 4.74 Å². The fraction of sp³-hybridized carbons (Fsp3) is 0.696. The number of nitrogens with one attached hydrogen (secondary N) is 2. The Bertz CT molecular complexity index is 614. The standard InChI is InChI=1S/C23H38N4O.HI/c1-18-6-8-20(9-7-18)22-21(5-4-16-28-22)17-26-23(24-3)25-12-15-27-13-10-19(2)11-14-27;/h6-9,19,21-22H,4-5,10-17H2,1-3H3,(H2,24,25,26);1H. The summed E-state index contributed by atoms with van der Waals surface area (Å²) in [6.45, 7) is 10.7. The number of nitrogens with zero attached hydrogens (tertiary/aromatic N) is 2. The molecule has 2 saturated heterocycles. The van der Waals surface area contributed by atoms with E-state index in [-0.39, 0.29) is 30.1 Å². The molecule has 0 bridgehead atoms. The maximum absolute atomic E-state index is 6.14. The van der Waals surface area contributed by atoms with E-state index in [0.29, 0.717) is 5.92 Å². The molecule has 164 valence electrons. The maximum atomic E-state index is 6.14. The molecule has 2 fully saturated rings. The summed E-state index contributed by atoms with van der Waals surface area (Å²) in [4.78, 5) is 6.97. The Morgan fingerprint density at radius 1 is 1.14 bits per heavy atom. The van der Waals surface area contributed by atoms with Gasteiger partial charge in [0.2, 0.25) is 0 Å². The second-order valence-corrected chi connectivity index (χ2v) is 8.51. The van der Waals surface area contributed by atoms with E-state index in [9.17, 15) is 0 Å². The van der Waals surface area contributed by atoms with Crippen LogP contribution in [0.4, 0.5) is 0 Å².